The molecular weight excluding hydrogens is 613 g/mol. The van der Waals surface area contributed by atoms with Gasteiger partial charge in [-0.25, -0.2) is 15.0 Å². The average Bonchev–Trinajstić information content (AvgIpc) is 3.74. The lowest BCUT2D eigenvalue weighted by Gasteiger charge is -2.11. The van der Waals surface area contributed by atoms with E-state index in [0.29, 0.717) is 17.5 Å². The summed E-state index contributed by atoms with van der Waals surface area (Å²) in [5.74, 6) is 1.88. The minimum absolute atomic E-state index is 0.620. The number of aromatic nitrogens is 4. The number of hydrogen-bond acceptors (Lipinski definition) is 4. The Morgan fingerprint density at radius 1 is 0.380 bits per heavy atom. The van der Waals surface area contributed by atoms with Gasteiger partial charge in [-0.2, -0.15) is 0 Å². The van der Waals surface area contributed by atoms with Gasteiger partial charge in [0.25, 0.3) is 0 Å². The predicted molar refractivity (Wildman–Crippen MR) is 203 cm³/mol. The monoisotopic (exact) mass is 640 g/mol. The third-order valence-corrected chi connectivity index (χ3v) is 9.45. The van der Waals surface area contributed by atoms with Crippen molar-refractivity contribution in [1.29, 1.82) is 0 Å². The molecule has 10 aromatic rings. The number of fused-ring (bicyclic) bond motifs is 6. The largest absolute Gasteiger partial charge is 0.456 e. The summed E-state index contributed by atoms with van der Waals surface area (Å²) in [5, 5.41) is 4.46. The standard InChI is InChI=1S/C45H28N4O/c1-3-13-29(14-4-1)43-46-44(32-16-11-15-30(27-32)31-25-26-41-37(28-31)34-19-8-10-24-40(34)50-41)48-45(47-43)36-21-12-23-39-42(36)35-20-7-9-22-38(35)49(39)33-17-5-2-6-18-33/h1-28H. The first kappa shape index (κ1) is 28.2. The van der Waals surface area contributed by atoms with Crippen molar-refractivity contribution < 1.29 is 4.42 Å². The quantitative estimate of drug-likeness (QED) is 0.188. The van der Waals surface area contributed by atoms with Gasteiger partial charge in [0.05, 0.1) is 11.0 Å². The topological polar surface area (TPSA) is 56.7 Å². The van der Waals surface area contributed by atoms with Crippen molar-refractivity contribution >= 4 is 43.7 Å². The van der Waals surface area contributed by atoms with E-state index in [1.165, 1.54) is 0 Å². The maximum atomic E-state index is 6.10. The van der Waals surface area contributed by atoms with Crippen LogP contribution in [0.4, 0.5) is 0 Å². The van der Waals surface area contributed by atoms with E-state index in [1.807, 2.05) is 54.6 Å². The van der Waals surface area contributed by atoms with E-state index in [1.54, 1.807) is 0 Å². The van der Waals surface area contributed by atoms with Crippen LogP contribution in [-0.2, 0) is 0 Å². The van der Waals surface area contributed by atoms with E-state index >= 15 is 0 Å². The van der Waals surface area contributed by atoms with E-state index in [2.05, 4.69) is 120 Å². The summed E-state index contributed by atoms with van der Waals surface area (Å²) in [4.78, 5) is 15.4. The van der Waals surface area contributed by atoms with Crippen LogP contribution in [0.1, 0.15) is 0 Å². The van der Waals surface area contributed by atoms with Crippen molar-refractivity contribution in [2.75, 3.05) is 0 Å². The van der Waals surface area contributed by atoms with E-state index in [-0.39, 0.29) is 0 Å². The zero-order valence-corrected chi connectivity index (χ0v) is 26.9. The summed E-state index contributed by atoms with van der Waals surface area (Å²) in [7, 11) is 0. The van der Waals surface area contributed by atoms with Gasteiger partial charge in [0.2, 0.25) is 0 Å². The molecule has 0 atom stereocenters. The molecule has 0 N–H and O–H groups in total. The fourth-order valence-electron chi connectivity index (χ4n) is 7.15. The highest BCUT2D eigenvalue weighted by Crippen LogP contribution is 2.39. The summed E-state index contributed by atoms with van der Waals surface area (Å²) in [6.45, 7) is 0. The molecule has 0 saturated heterocycles. The SMILES string of the molecule is c1ccc(-c2nc(-c3cccc(-c4ccc5oc6ccccc6c5c4)c3)nc(-c3cccc4c3c3ccccc3n4-c3ccccc3)n2)cc1. The molecule has 5 heteroatoms. The summed E-state index contributed by atoms with van der Waals surface area (Å²) in [6.07, 6.45) is 0. The predicted octanol–water partition coefficient (Wildman–Crippen LogP) is 11.5. The Kier molecular flexibility index (Phi) is 6.42. The number of hydrogen-bond donors (Lipinski definition) is 0. The molecule has 3 aromatic heterocycles. The molecule has 5 nitrogen and oxygen atoms in total. The van der Waals surface area contributed by atoms with E-state index < -0.39 is 0 Å². The maximum Gasteiger partial charge on any atom is 0.164 e. The van der Waals surface area contributed by atoms with Crippen molar-refractivity contribution in [3.05, 3.63) is 170 Å². The number of furan rings is 1. The van der Waals surface area contributed by atoms with E-state index in [4.69, 9.17) is 19.4 Å². The fraction of sp³-hybridized carbons (Fsp3) is 0. The number of nitrogens with zero attached hydrogens (tertiary/aromatic N) is 4. The minimum atomic E-state index is 0.620. The van der Waals surface area contributed by atoms with E-state index in [0.717, 1.165) is 77.2 Å². The number of para-hydroxylation sites is 3. The highest BCUT2D eigenvalue weighted by atomic mass is 16.3. The Hall–Kier alpha value is -6.85. The number of rotatable bonds is 5. The third kappa shape index (κ3) is 4.60. The first-order valence-corrected chi connectivity index (χ1v) is 16.7. The average molecular weight is 641 g/mol. The van der Waals surface area contributed by atoms with Crippen LogP contribution in [-0.4, -0.2) is 19.5 Å². The van der Waals surface area contributed by atoms with Gasteiger partial charge < -0.3 is 8.98 Å². The van der Waals surface area contributed by atoms with Crippen molar-refractivity contribution in [2.24, 2.45) is 0 Å². The van der Waals surface area contributed by atoms with E-state index in [9.17, 15) is 0 Å². The Labute approximate surface area is 287 Å². The van der Waals surface area contributed by atoms with Crippen molar-refractivity contribution in [1.82, 2.24) is 19.5 Å². The van der Waals surface area contributed by atoms with Crippen LogP contribution in [0, 0.1) is 0 Å². The Balaban J connectivity index is 1.17. The molecular formula is C45H28N4O. The molecule has 0 bridgehead atoms. The highest BCUT2D eigenvalue weighted by Gasteiger charge is 2.20. The van der Waals surface area contributed by atoms with Gasteiger partial charge in [0.1, 0.15) is 11.2 Å². The van der Waals surface area contributed by atoms with Crippen LogP contribution in [0.3, 0.4) is 0 Å². The zero-order valence-electron chi connectivity index (χ0n) is 26.9. The Bertz CT molecular complexity index is 2870. The molecule has 0 aliphatic carbocycles. The molecule has 0 amide bonds. The lowest BCUT2D eigenvalue weighted by Crippen LogP contribution is -2.00. The molecule has 0 fully saturated rings. The zero-order chi connectivity index (χ0) is 33.0. The molecule has 0 aliphatic rings. The molecule has 0 saturated carbocycles. The van der Waals surface area contributed by atoms with Crippen LogP contribution >= 0.6 is 0 Å². The second-order valence-corrected chi connectivity index (χ2v) is 12.5. The summed E-state index contributed by atoms with van der Waals surface area (Å²) >= 11 is 0. The van der Waals surface area contributed by atoms with Crippen LogP contribution in [0.15, 0.2) is 174 Å². The van der Waals surface area contributed by atoms with Gasteiger partial charge in [-0.15, -0.1) is 0 Å². The minimum Gasteiger partial charge on any atom is -0.456 e. The molecule has 7 aromatic carbocycles. The summed E-state index contributed by atoms with van der Waals surface area (Å²) in [6, 6.07) is 58.6. The van der Waals surface area contributed by atoms with Gasteiger partial charge >= 0.3 is 0 Å². The molecule has 234 valence electrons. The Morgan fingerprint density at radius 3 is 1.84 bits per heavy atom. The lowest BCUT2D eigenvalue weighted by atomic mass is 10.0. The summed E-state index contributed by atoms with van der Waals surface area (Å²) < 4.78 is 8.42. The summed E-state index contributed by atoms with van der Waals surface area (Å²) in [5.41, 5.74) is 10.1. The van der Waals surface area contributed by atoms with Crippen LogP contribution in [0.25, 0.3) is 94.7 Å². The van der Waals surface area contributed by atoms with Gasteiger partial charge in [0.15, 0.2) is 17.5 Å². The maximum absolute atomic E-state index is 6.10. The van der Waals surface area contributed by atoms with Gasteiger partial charge in [0, 0.05) is 43.9 Å². The second-order valence-electron chi connectivity index (χ2n) is 12.5. The Morgan fingerprint density at radius 2 is 0.980 bits per heavy atom. The molecule has 10 rings (SSSR count). The fourth-order valence-corrected chi connectivity index (χ4v) is 7.15. The first-order valence-electron chi connectivity index (χ1n) is 16.7. The van der Waals surface area contributed by atoms with Gasteiger partial charge in [-0.05, 0) is 59.7 Å². The lowest BCUT2D eigenvalue weighted by molar-refractivity contribution is 0.669. The van der Waals surface area contributed by atoms with Crippen molar-refractivity contribution in [3.8, 4) is 51.0 Å². The molecule has 0 unspecified atom stereocenters. The first-order chi connectivity index (χ1) is 24.8. The van der Waals surface area contributed by atoms with Crippen LogP contribution in [0.5, 0.6) is 0 Å². The third-order valence-electron chi connectivity index (χ3n) is 9.45. The molecule has 0 spiro atoms. The highest BCUT2D eigenvalue weighted by molar-refractivity contribution is 6.15. The second kappa shape index (κ2) is 11.4. The molecule has 0 aliphatic heterocycles. The normalized spacial score (nSPS) is 11.6. The van der Waals surface area contributed by atoms with Crippen LogP contribution < -0.4 is 0 Å². The molecule has 0 radical (unpaired) electrons. The molecule has 50 heavy (non-hydrogen) atoms. The smallest absolute Gasteiger partial charge is 0.164 e. The van der Waals surface area contributed by atoms with Gasteiger partial charge in [-0.3, -0.25) is 0 Å². The van der Waals surface area contributed by atoms with Gasteiger partial charge in [-0.1, -0.05) is 121 Å². The van der Waals surface area contributed by atoms with Crippen molar-refractivity contribution in [3.63, 3.8) is 0 Å². The number of benzene rings is 7. The molecule has 3 heterocycles. The van der Waals surface area contributed by atoms with Crippen molar-refractivity contribution in [2.45, 2.75) is 0 Å². The van der Waals surface area contributed by atoms with Crippen LogP contribution in [0.2, 0.25) is 0 Å².